The Bertz CT molecular complexity index is 334. The molecule has 2 heterocycles. The Morgan fingerprint density at radius 2 is 2.50 bits per heavy atom. The number of rotatable bonds is 5. The molecule has 2 rings (SSSR count). The molecule has 1 aromatic heterocycles. The average molecular weight is 221 g/mol. The average Bonchev–Trinajstić information content (AvgIpc) is 2.88. The lowest BCUT2D eigenvalue weighted by Crippen LogP contribution is -2.39. The number of nitrogens with zero attached hydrogens (tertiary/aromatic N) is 1. The molecule has 2 N–H and O–H groups in total. The van der Waals surface area contributed by atoms with E-state index < -0.39 is 0 Å². The van der Waals surface area contributed by atoms with E-state index in [4.69, 9.17) is 0 Å². The summed E-state index contributed by atoms with van der Waals surface area (Å²) in [6.45, 7) is 4.73. The molecule has 0 saturated carbocycles. The predicted octanol–water partition coefficient (Wildman–Crippen LogP) is 1.12. The van der Waals surface area contributed by atoms with E-state index in [-0.39, 0.29) is 0 Å². The van der Waals surface area contributed by atoms with Crippen LogP contribution in [0.4, 0.5) is 0 Å². The summed E-state index contributed by atoms with van der Waals surface area (Å²) in [5, 5.41) is 3.42. The smallest absolute Gasteiger partial charge is 0.222 e. The van der Waals surface area contributed by atoms with Crippen LogP contribution >= 0.6 is 0 Å². The van der Waals surface area contributed by atoms with Gasteiger partial charge < -0.3 is 15.2 Å². The highest BCUT2D eigenvalue weighted by atomic mass is 16.2. The molecule has 1 aliphatic rings. The maximum atomic E-state index is 11.4. The van der Waals surface area contributed by atoms with E-state index in [1.807, 2.05) is 17.3 Å². The molecule has 0 aromatic carbocycles. The zero-order chi connectivity index (χ0) is 11.4. The van der Waals surface area contributed by atoms with Crippen molar-refractivity contribution in [1.82, 2.24) is 15.2 Å². The van der Waals surface area contributed by atoms with E-state index in [9.17, 15) is 4.79 Å². The molecule has 1 fully saturated rings. The quantitative estimate of drug-likeness (QED) is 0.782. The molecule has 0 radical (unpaired) electrons. The number of hydrogen-bond acceptors (Lipinski definition) is 2. The minimum absolute atomic E-state index is 0.301. The maximum absolute atomic E-state index is 11.4. The third-order valence-electron chi connectivity index (χ3n) is 2.98. The van der Waals surface area contributed by atoms with Gasteiger partial charge in [-0.05, 0) is 25.0 Å². The van der Waals surface area contributed by atoms with Crippen LogP contribution in [0.5, 0.6) is 0 Å². The van der Waals surface area contributed by atoms with Gasteiger partial charge in [-0.25, -0.2) is 0 Å². The van der Waals surface area contributed by atoms with Crippen LogP contribution < -0.4 is 5.32 Å². The van der Waals surface area contributed by atoms with E-state index in [2.05, 4.69) is 23.3 Å². The molecule has 1 aliphatic heterocycles. The van der Waals surface area contributed by atoms with Crippen molar-refractivity contribution < 1.29 is 4.79 Å². The van der Waals surface area contributed by atoms with Gasteiger partial charge in [-0.3, -0.25) is 4.79 Å². The zero-order valence-corrected chi connectivity index (χ0v) is 9.70. The molecule has 0 bridgehead atoms. The Hall–Kier alpha value is -1.29. The predicted molar refractivity (Wildman–Crippen MR) is 62.9 cm³/mol. The molecule has 0 spiro atoms. The molecule has 1 amide bonds. The van der Waals surface area contributed by atoms with Crippen LogP contribution in [0.3, 0.4) is 0 Å². The molecule has 1 aromatic rings. The van der Waals surface area contributed by atoms with E-state index in [1.54, 1.807) is 0 Å². The van der Waals surface area contributed by atoms with Gasteiger partial charge in [-0.2, -0.15) is 0 Å². The van der Waals surface area contributed by atoms with Crippen molar-refractivity contribution in [2.75, 3.05) is 13.1 Å². The summed E-state index contributed by atoms with van der Waals surface area (Å²) in [6, 6.07) is 2.40. The summed E-state index contributed by atoms with van der Waals surface area (Å²) in [5.41, 5.74) is 1.25. The number of carbonyl (C=O) groups excluding carboxylic acids is 1. The summed E-state index contributed by atoms with van der Waals surface area (Å²) in [7, 11) is 0. The fourth-order valence-corrected chi connectivity index (χ4v) is 2.05. The number of likely N-dealkylation sites (tertiary alicyclic amines) is 1. The molecule has 4 heteroatoms. The number of H-pyrrole nitrogens is 1. The van der Waals surface area contributed by atoms with Crippen LogP contribution in [0, 0.1) is 0 Å². The summed E-state index contributed by atoms with van der Waals surface area (Å²) in [4.78, 5) is 16.4. The van der Waals surface area contributed by atoms with Crippen molar-refractivity contribution in [2.24, 2.45) is 0 Å². The van der Waals surface area contributed by atoms with Crippen LogP contribution in [0.15, 0.2) is 18.5 Å². The lowest BCUT2D eigenvalue weighted by Gasteiger charge is -2.21. The number of aromatic nitrogens is 1. The lowest BCUT2D eigenvalue weighted by atomic mass is 10.2. The molecule has 0 aliphatic carbocycles. The molecule has 1 saturated heterocycles. The van der Waals surface area contributed by atoms with Gasteiger partial charge in [-0.1, -0.05) is 0 Å². The SMILES string of the molecule is CC(CN1CCCC1=O)NCc1cc[nH]c1. The van der Waals surface area contributed by atoms with Gasteiger partial charge in [0.2, 0.25) is 5.91 Å². The molecule has 1 atom stereocenters. The first-order valence-corrected chi connectivity index (χ1v) is 5.88. The van der Waals surface area contributed by atoms with Crippen molar-refractivity contribution in [3.8, 4) is 0 Å². The standard InChI is InChI=1S/C12H19N3O/c1-10(9-15-6-2-3-12(15)16)14-8-11-4-5-13-7-11/h4-5,7,10,13-14H,2-3,6,8-9H2,1H3. The normalized spacial score (nSPS) is 18.1. The van der Waals surface area contributed by atoms with Crippen LogP contribution in [-0.2, 0) is 11.3 Å². The number of hydrogen-bond donors (Lipinski definition) is 2. The summed E-state index contributed by atoms with van der Waals surface area (Å²) < 4.78 is 0. The van der Waals surface area contributed by atoms with Gasteiger partial charge in [0.05, 0.1) is 0 Å². The second kappa shape index (κ2) is 5.16. The van der Waals surface area contributed by atoms with Crippen LogP contribution in [0.1, 0.15) is 25.3 Å². The number of amides is 1. The topological polar surface area (TPSA) is 48.1 Å². The Labute approximate surface area is 96.0 Å². The number of nitrogens with one attached hydrogen (secondary N) is 2. The van der Waals surface area contributed by atoms with Gasteiger partial charge in [0.25, 0.3) is 0 Å². The van der Waals surface area contributed by atoms with Gasteiger partial charge >= 0.3 is 0 Å². The minimum Gasteiger partial charge on any atom is -0.367 e. The molecule has 4 nitrogen and oxygen atoms in total. The van der Waals surface area contributed by atoms with Crippen LogP contribution in [0.2, 0.25) is 0 Å². The third kappa shape index (κ3) is 2.85. The summed E-state index contributed by atoms with van der Waals surface area (Å²) >= 11 is 0. The molecular formula is C12H19N3O. The highest BCUT2D eigenvalue weighted by Gasteiger charge is 2.21. The zero-order valence-electron chi connectivity index (χ0n) is 9.70. The highest BCUT2D eigenvalue weighted by Crippen LogP contribution is 2.09. The second-order valence-electron chi connectivity index (χ2n) is 4.44. The van der Waals surface area contributed by atoms with E-state index in [0.29, 0.717) is 11.9 Å². The maximum Gasteiger partial charge on any atom is 0.222 e. The van der Waals surface area contributed by atoms with E-state index in [1.165, 1.54) is 5.56 Å². The van der Waals surface area contributed by atoms with E-state index >= 15 is 0 Å². The first-order chi connectivity index (χ1) is 7.75. The molecule has 16 heavy (non-hydrogen) atoms. The third-order valence-corrected chi connectivity index (χ3v) is 2.98. The minimum atomic E-state index is 0.301. The first kappa shape index (κ1) is 11.2. The van der Waals surface area contributed by atoms with Gasteiger partial charge in [0.1, 0.15) is 0 Å². The second-order valence-corrected chi connectivity index (χ2v) is 4.44. The monoisotopic (exact) mass is 221 g/mol. The molecule has 88 valence electrons. The lowest BCUT2D eigenvalue weighted by molar-refractivity contribution is -0.127. The van der Waals surface area contributed by atoms with Gasteiger partial charge in [0.15, 0.2) is 0 Å². The summed E-state index contributed by atoms with van der Waals surface area (Å²) in [5.74, 6) is 0.301. The Morgan fingerprint density at radius 1 is 1.62 bits per heavy atom. The Balaban J connectivity index is 1.72. The van der Waals surface area contributed by atoms with Crippen molar-refractivity contribution in [3.05, 3.63) is 24.0 Å². The van der Waals surface area contributed by atoms with Crippen LogP contribution in [0.25, 0.3) is 0 Å². The fourth-order valence-electron chi connectivity index (χ4n) is 2.05. The number of carbonyl (C=O) groups is 1. The summed E-state index contributed by atoms with van der Waals surface area (Å²) in [6.07, 6.45) is 5.65. The van der Waals surface area contributed by atoms with Crippen LogP contribution in [-0.4, -0.2) is 34.9 Å². The Morgan fingerprint density at radius 3 is 3.12 bits per heavy atom. The van der Waals surface area contributed by atoms with Crippen molar-refractivity contribution in [1.29, 1.82) is 0 Å². The molecule has 1 unspecified atom stereocenters. The largest absolute Gasteiger partial charge is 0.367 e. The first-order valence-electron chi connectivity index (χ1n) is 5.88. The van der Waals surface area contributed by atoms with Crippen molar-refractivity contribution in [2.45, 2.75) is 32.4 Å². The van der Waals surface area contributed by atoms with Gasteiger partial charge in [-0.15, -0.1) is 0 Å². The molecular weight excluding hydrogens is 202 g/mol. The van der Waals surface area contributed by atoms with Gasteiger partial charge in [0, 0.05) is 44.5 Å². The highest BCUT2D eigenvalue weighted by molar-refractivity contribution is 5.78. The number of aromatic amines is 1. The fraction of sp³-hybridized carbons (Fsp3) is 0.583. The Kier molecular flexibility index (Phi) is 3.62. The van der Waals surface area contributed by atoms with E-state index in [0.717, 1.165) is 32.5 Å². The van der Waals surface area contributed by atoms with Crippen molar-refractivity contribution >= 4 is 5.91 Å². The van der Waals surface area contributed by atoms with Crippen molar-refractivity contribution in [3.63, 3.8) is 0 Å².